The van der Waals surface area contributed by atoms with Crippen LogP contribution in [0, 0.1) is 11.3 Å². The van der Waals surface area contributed by atoms with E-state index in [1.54, 1.807) is 24.3 Å². The third kappa shape index (κ3) is 2.74. The van der Waals surface area contributed by atoms with E-state index in [0.29, 0.717) is 30.5 Å². The molecule has 0 unspecified atom stereocenters. The molecule has 2 aromatic rings. The normalized spacial score (nSPS) is 22.0. The van der Waals surface area contributed by atoms with Crippen molar-refractivity contribution in [3.8, 4) is 6.07 Å². The summed E-state index contributed by atoms with van der Waals surface area (Å²) in [5.74, 6) is 0.0650. The van der Waals surface area contributed by atoms with Crippen LogP contribution in [0.5, 0.6) is 0 Å². The van der Waals surface area contributed by atoms with Crippen molar-refractivity contribution in [2.24, 2.45) is 0 Å². The van der Waals surface area contributed by atoms with Crippen LogP contribution in [0.3, 0.4) is 0 Å². The van der Waals surface area contributed by atoms with Gasteiger partial charge in [-0.2, -0.15) is 5.26 Å². The van der Waals surface area contributed by atoms with E-state index in [1.807, 2.05) is 40.1 Å². The van der Waals surface area contributed by atoms with Crippen molar-refractivity contribution in [3.63, 3.8) is 0 Å². The van der Waals surface area contributed by atoms with Crippen molar-refractivity contribution < 1.29 is 9.59 Å². The van der Waals surface area contributed by atoms with Gasteiger partial charge in [0.25, 0.3) is 5.91 Å². The molecule has 2 atom stereocenters. The molecule has 2 fully saturated rings. The number of piperidine rings is 1. The van der Waals surface area contributed by atoms with Gasteiger partial charge in [0.15, 0.2) is 0 Å². The van der Waals surface area contributed by atoms with Crippen molar-refractivity contribution in [3.05, 3.63) is 65.7 Å². The molecule has 0 aromatic heterocycles. The largest absolute Gasteiger partial charge is 0.333 e. The molecule has 2 aliphatic rings. The van der Waals surface area contributed by atoms with Gasteiger partial charge < -0.3 is 9.80 Å². The number of nitriles is 1. The van der Waals surface area contributed by atoms with Crippen molar-refractivity contribution in [2.75, 3.05) is 11.4 Å². The molecule has 0 saturated carbocycles. The van der Waals surface area contributed by atoms with Crippen molar-refractivity contribution in [1.82, 2.24) is 4.90 Å². The molecule has 0 aliphatic carbocycles. The molecule has 2 aliphatic heterocycles. The van der Waals surface area contributed by atoms with E-state index in [1.165, 1.54) is 0 Å². The van der Waals surface area contributed by atoms with Crippen LogP contribution in [0.1, 0.15) is 35.2 Å². The van der Waals surface area contributed by atoms with Crippen LogP contribution in [0.15, 0.2) is 54.6 Å². The lowest BCUT2D eigenvalue weighted by atomic mass is 9.95. The van der Waals surface area contributed by atoms with E-state index in [2.05, 4.69) is 6.07 Å². The molecule has 0 bridgehead atoms. The van der Waals surface area contributed by atoms with Crippen LogP contribution >= 0.6 is 0 Å². The minimum Gasteiger partial charge on any atom is -0.333 e. The summed E-state index contributed by atoms with van der Waals surface area (Å²) in [6, 6.07) is 18.6. The summed E-state index contributed by atoms with van der Waals surface area (Å²) in [7, 11) is 0. The van der Waals surface area contributed by atoms with Crippen LogP contribution in [-0.2, 0) is 4.79 Å². The first-order valence-electron chi connectivity index (χ1n) is 8.87. The Morgan fingerprint density at radius 2 is 1.85 bits per heavy atom. The third-order valence-corrected chi connectivity index (χ3v) is 5.30. The number of carbonyl (C=O) groups is 2. The minimum absolute atomic E-state index is 0.0155. The molecule has 0 N–H and O–H groups in total. The summed E-state index contributed by atoms with van der Waals surface area (Å²) in [5, 5.41) is 9.07. The van der Waals surface area contributed by atoms with E-state index in [4.69, 9.17) is 5.26 Å². The van der Waals surface area contributed by atoms with Gasteiger partial charge in [-0.05, 0) is 43.2 Å². The molecular formula is C21H19N3O2. The van der Waals surface area contributed by atoms with Crippen LogP contribution in [0.4, 0.5) is 5.69 Å². The Morgan fingerprint density at radius 3 is 2.62 bits per heavy atom. The number of rotatable bonds is 2. The fourth-order valence-electron chi connectivity index (χ4n) is 4.13. The predicted molar refractivity (Wildman–Crippen MR) is 97.5 cm³/mol. The number of para-hydroxylation sites is 1. The van der Waals surface area contributed by atoms with Gasteiger partial charge in [0.1, 0.15) is 0 Å². The van der Waals surface area contributed by atoms with Crippen LogP contribution in [0.25, 0.3) is 0 Å². The highest BCUT2D eigenvalue weighted by atomic mass is 16.2. The van der Waals surface area contributed by atoms with E-state index in [0.717, 1.165) is 12.1 Å². The Kier molecular flexibility index (Phi) is 4.18. The van der Waals surface area contributed by atoms with Crippen molar-refractivity contribution in [1.29, 1.82) is 5.26 Å². The first-order chi connectivity index (χ1) is 12.7. The van der Waals surface area contributed by atoms with Gasteiger partial charge in [-0.1, -0.05) is 24.3 Å². The maximum Gasteiger partial charge on any atom is 0.254 e. The average Bonchev–Trinajstić information content (AvgIpc) is 3.12. The summed E-state index contributed by atoms with van der Waals surface area (Å²) in [5.41, 5.74) is 1.91. The Morgan fingerprint density at radius 1 is 1.04 bits per heavy atom. The number of carbonyl (C=O) groups excluding carboxylic acids is 2. The topological polar surface area (TPSA) is 64.4 Å². The SMILES string of the molecule is N#Cc1cccc(C(=O)N2CC[C@@H]3[C@H]2CCC(=O)N3c2ccccc2)c1. The van der Waals surface area contributed by atoms with Gasteiger partial charge >= 0.3 is 0 Å². The van der Waals surface area contributed by atoms with Gasteiger partial charge in [0.2, 0.25) is 5.91 Å². The second-order valence-electron chi connectivity index (χ2n) is 6.75. The summed E-state index contributed by atoms with van der Waals surface area (Å²) < 4.78 is 0. The second-order valence-corrected chi connectivity index (χ2v) is 6.75. The van der Waals surface area contributed by atoms with E-state index >= 15 is 0 Å². The standard InChI is InChI=1S/C21H19N3O2/c22-14-15-5-4-6-16(13-15)21(26)23-12-11-19-18(23)9-10-20(25)24(19)17-7-2-1-3-8-17/h1-8,13,18-19H,9-12H2/t18-,19-/m1/s1. The Balaban J connectivity index is 1.61. The van der Waals surface area contributed by atoms with Gasteiger partial charge in [0, 0.05) is 24.2 Å². The molecule has 4 rings (SSSR count). The van der Waals surface area contributed by atoms with E-state index in [9.17, 15) is 9.59 Å². The Labute approximate surface area is 152 Å². The number of fused-ring (bicyclic) bond motifs is 1. The molecule has 2 saturated heterocycles. The number of nitrogens with zero attached hydrogens (tertiary/aromatic N) is 3. The van der Waals surface area contributed by atoms with Crippen LogP contribution in [0.2, 0.25) is 0 Å². The number of hydrogen-bond donors (Lipinski definition) is 0. The number of anilines is 1. The van der Waals surface area contributed by atoms with Crippen LogP contribution < -0.4 is 4.90 Å². The number of amides is 2. The molecular weight excluding hydrogens is 326 g/mol. The monoisotopic (exact) mass is 345 g/mol. The highest BCUT2D eigenvalue weighted by Crippen LogP contribution is 2.35. The summed E-state index contributed by atoms with van der Waals surface area (Å²) in [4.78, 5) is 29.3. The molecule has 5 heteroatoms. The molecule has 26 heavy (non-hydrogen) atoms. The maximum absolute atomic E-state index is 13.0. The molecule has 0 radical (unpaired) electrons. The Hall–Kier alpha value is -3.13. The smallest absolute Gasteiger partial charge is 0.254 e. The number of benzene rings is 2. The number of hydrogen-bond acceptors (Lipinski definition) is 3. The predicted octanol–water partition coefficient (Wildman–Crippen LogP) is 2.97. The van der Waals surface area contributed by atoms with Gasteiger partial charge in [-0.15, -0.1) is 0 Å². The van der Waals surface area contributed by atoms with E-state index in [-0.39, 0.29) is 23.9 Å². The molecule has 2 amide bonds. The fourth-order valence-corrected chi connectivity index (χ4v) is 4.13. The quantitative estimate of drug-likeness (QED) is 0.840. The maximum atomic E-state index is 13.0. The van der Waals surface area contributed by atoms with Crippen molar-refractivity contribution >= 4 is 17.5 Å². The first-order valence-corrected chi connectivity index (χ1v) is 8.87. The van der Waals surface area contributed by atoms with Gasteiger partial charge in [0.05, 0.1) is 23.7 Å². The first kappa shape index (κ1) is 16.3. The third-order valence-electron chi connectivity index (χ3n) is 5.30. The highest BCUT2D eigenvalue weighted by Gasteiger charge is 2.45. The lowest BCUT2D eigenvalue weighted by molar-refractivity contribution is -0.120. The van der Waals surface area contributed by atoms with Crippen LogP contribution in [-0.4, -0.2) is 35.3 Å². The highest BCUT2D eigenvalue weighted by molar-refractivity contribution is 5.98. The number of likely N-dealkylation sites (tertiary alicyclic amines) is 1. The molecule has 2 aromatic carbocycles. The molecule has 0 spiro atoms. The Bertz CT molecular complexity index is 888. The summed E-state index contributed by atoms with van der Waals surface area (Å²) >= 11 is 0. The zero-order chi connectivity index (χ0) is 18.1. The lowest BCUT2D eigenvalue weighted by Crippen LogP contribution is -2.53. The van der Waals surface area contributed by atoms with Crippen molar-refractivity contribution in [2.45, 2.75) is 31.3 Å². The molecule has 5 nitrogen and oxygen atoms in total. The molecule has 2 heterocycles. The summed E-state index contributed by atoms with van der Waals surface area (Å²) in [6.07, 6.45) is 1.91. The fraction of sp³-hybridized carbons (Fsp3) is 0.286. The molecule has 130 valence electrons. The lowest BCUT2D eigenvalue weighted by Gasteiger charge is -2.39. The van der Waals surface area contributed by atoms with E-state index < -0.39 is 0 Å². The van der Waals surface area contributed by atoms with Gasteiger partial charge in [-0.25, -0.2) is 0 Å². The zero-order valence-corrected chi connectivity index (χ0v) is 14.3. The second kappa shape index (κ2) is 6.64. The zero-order valence-electron chi connectivity index (χ0n) is 14.3. The average molecular weight is 345 g/mol. The summed E-state index contributed by atoms with van der Waals surface area (Å²) in [6.45, 7) is 0.627. The van der Waals surface area contributed by atoms with Gasteiger partial charge in [-0.3, -0.25) is 9.59 Å². The minimum atomic E-state index is -0.0584.